The number of nitrogens with one attached hydrogen (secondary N) is 2. The van der Waals surface area contributed by atoms with Gasteiger partial charge < -0.3 is 5.32 Å². The number of amides is 1. The van der Waals surface area contributed by atoms with Gasteiger partial charge in [0.15, 0.2) is 0 Å². The normalized spacial score (nSPS) is 17.5. The monoisotopic (exact) mass is 294 g/mol. The van der Waals surface area contributed by atoms with Crippen LogP contribution in [0.5, 0.6) is 0 Å². The van der Waals surface area contributed by atoms with Gasteiger partial charge in [0.2, 0.25) is 0 Å². The van der Waals surface area contributed by atoms with E-state index in [-0.39, 0.29) is 11.7 Å². The largest absolute Gasteiger partial charge is 0.352 e. The van der Waals surface area contributed by atoms with Crippen molar-refractivity contribution in [2.45, 2.75) is 27.2 Å². The number of likely N-dealkylation sites (N-methyl/N-ethyl adjacent to an activating group) is 1. The average molecular weight is 294 g/mol. The highest BCUT2D eigenvalue weighted by molar-refractivity contribution is 5.96. The topological polar surface area (TPSA) is 50.4 Å². The summed E-state index contributed by atoms with van der Waals surface area (Å²) in [5.74, 6) is -0.447. The van der Waals surface area contributed by atoms with E-state index >= 15 is 0 Å². The smallest absolute Gasteiger partial charge is 0.250 e. The molecule has 1 amide bonds. The summed E-state index contributed by atoms with van der Waals surface area (Å²) in [6.45, 7) is 6.61. The molecule has 0 fully saturated rings. The van der Waals surface area contributed by atoms with E-state index in [4.69, 9.17) is 4.84 Å². The molecule has 1 rings (SSSR count). The Morgan fingerprint density at radius 1 is 1.48 bits per heavy atom. The standard InChI is InChI=1S/C16H23FN2O2/c1-4-6-13(16(20)18-5-2)7-8-15(12(3)17)14-9-10-19-21-11-14/h6-9,19H,4-5,10-11H2,1-3H3,(H,18,20)/b8-7-,13-6-,15-12-. The van der Waals surface area contributed by atoms with Crippen molar-refractivity contribution in [2.75, 3.05) is 19.7 Å². The third-order valence-electron chi connectivity index (χ3n) is 2.93. The number of hydrogen-bond acceptors (Lipinski definition) is 3. The molecule has 0 aromatic rings. The van der Waals surface area contributed by atoms with Crippen LogP contribution in [0.25, 0.3) is 0 Å². The lowest BCUT2D eigenvalue weighted by molar-refractivity contribution is -0.117. The molecule has 0 aliphatic carbocycles. The third kappa shape index (κ3) is 5.65. The molecule has 0 spiro atoms. The van der Waals surface area contributed by atoms with Crippen LogP contribution >= 0.6 is 0 Å². The Morgan fingerprint density at radius 2 is 2.24 bits per heavy atom. The van der Waals surface area contributed by atoms with E-state index in [0.29, 0.717) is 30.8 Å². The summed E-state index contributed by atoms with van der Waals surface area (Å²) in [5, 5.41) is 2.75. The van der Waals surface area contributed by atoms with Gasteiger partial charge in [-0.3, -0.25) is 9.63 Å². The maximum absolute atomic E-state index is 13.7. The number of carbonyl (C=O) groups is 1. The molecule has 1 aliphatic rings. The first-order valence-corrected chi connectivity index (χ1v) is 7.17. The predicted octanol–water partition coefficient (Wildman–Crippen LogP) is 2.72. The summed E-state index contributed by atoms with van der Waals surface area (Å²) in [4.78, 5) is 17.0. The van der Waals surface area contributed by atoms with Crippen LogP contribution in [0.2, 0.25) is 0 Å². The molecule has 0 unspecified atom stereocenters. The van der Waals surface area contributed by atoms with Gasteiger partial charge in [0.25, 0.3) is 5.91 Å². The lowest BCUT2D eigenvalue weighted by Gasteiger charge is -2.15. The maximum Gasteiger partial charge on any atom is 0.250 e. The molecule has 4 nitrogen and oxygen atoms in total. The van der Waals surface area contributed by atoms with Crippen molar-refractivity contribution in [1.29, 1.82) is 0 Å². The van der Waals surface area contributed by atoms with Crippen molar-refractivity contribution in [2.24, 2.45) is 0 Å². The first kappa shape index (κ1) is 17.3. The first-order chi connectivity index (χ1) is 10.1. The van der Waals surface area contributed by atoms with Crippen LogP contribution in [0.3, 0.4) is 0 Å². The summed E-state index contributed by atoms with van der Waals surface area (Å²) in [6, 6.07) is 0. The highest BCUT2D eigenvalue weighted by atomic mass is 19.1. The summed E-state index contributed by atoms with van der Waals surface area (Å²) >= 11 is 0. The molecule has 116 valence electrons. The van der Waals surface area contributed by atoms with E-state index in [0.717, 1.165) is 12.0 Å². The van der Waals surface area contributed by atoms with Crippen molar-refractivity contribution in [3.8, 4) is 0 Å². The third-order valence-corrected chi connectivity index (χ3v) is 2.93. The molecular formula is C16H23FN2O2. The molecule has 21 heavy (non-hydrogen) atoms. The molecule has 1 heterocycles. The fraction of sp³-hybridized carbons (Fsp3) is 0.438. The van der Waals surface area contributed by atoms with Crippen molar-refractivity contribution in [3.05, 3.63) is 46.9 Å². The molecule has 0 aromatic carbocycles. The van der Waals surface area contributed by atoms with E-state index in [9.17, 15) is 9.18 Å². The summed E-state index contributed by atoms with van der Waals surface area (Å²) in [5.41, 5.74) is 4.48. The molecule has 0 radical (unpaired) electrons. The van der Waals surface area contributed by atoms with Crippen molar-refractivity contribution < 1.29 is 14.0 Å². The lowest BCUT2D eigenvalue weighted by atomic mass is 10.0. The summed E-state index contributed by atoms with van der Waals surface area (Å²) in [7, 11) is 0. The summed E-state index contributed by atoms with van der Waals surface area (Å²) < 4.78 is 13.7. The fourth-order valence-corrected chi connectivity index (χ4v) is 1.93. The van der Waals surface area contributed by atoms with Crippen molar-refractivity contribution in [3.63, 3.8) is 0 Å². The van der Waals surface area contributed by atoms with Gasteiger partial charge in [-0.25, -0.2) is 4.39 Å². The molecule has 2 N–H and O–H groups in total. The van der Waals surface area contributed by atoms with Crippen LogP contribution in [0.1, 0.15) is 27.2 Å². The minimum Gasteiger partial charge on any atom is -0.352 e. The quantitative estimate of drug-likeness (QED) is 0.585. The second-order valence-corrected chi connectivity index (χ2v) is 4.57. The number of carbonyl (C=O) groups excluding carboxylic acids is 1. The molecule has 0 saturated heterocycles. The van der Waals surface area contributed by atoms with Gasteiger partial charge in [0.1, 0.15) is 5.83 Å². The Balaban J connectivity index is 2.96. The Morgan fingerprint density at radius 3 is 2.76 bits per heavy atom. The first-order valence-electron chi connectivity index (χ1n) is 7.17. The van der Waals surface area contributed by atoms with E-state index in [2.05, 4.69) is 10.8 Å². The van der Waals surface area contributed by atoms with Crippen molar-refractivity contribution >= 4 is 5.91 Å². The summed E-state index contributed by atoms with van der Waals surface area (Å²) in [6.07, 6.45) is 7.71. The van der Waals surface area contributed by atoms with E-state index in [1.807, 2.05) is 26.0 Å². The molecule has 0 bridgehead atoms. The molecule has 1 aliphatic heterocycles. The van der Waals surface area contributed by atoms with Gasteiger partial charge in [-0.15, -0.1) is 0 Å². The van der Waals surface area contributed by atoms with E-state index < -0.39 is 0 Å². The van der Waals surface area contributed by atoms with Crippen LogP contribution in [0, 0.1) is 0 Å². The van der Waals surface area contributed by atoms with Gasteiger partial charge in [0, 0.05) is 24.2 Å². The second-order valence-electron chi connectivity index (χ2n) is 4.57. The van der Waals surface area contributed by atoms with Gasteiger partial charge in [-0.1, -0.05) is 25.2 Å². The van der Waals surface area contributed by atoms with Gasteiger partial charge >= 0.3 is 0 Å². The van der Waals surface area contributed by atoms with E-state index in [1.165, 1.54) is 6.92 Å². The van der Waals surface area contributed by atoms with Gasteiger partial charge in [-0.05, 0) is 31.9 Å². The predicted molar refractivity (Wildman–Crippen MR) is 82.0 cm³/mol. The molecular weight excluding hydrogens is 271 g/mol. The Hall–Kier alpha value is -1.72. The Kier molecular flexibility index (Phi) is 7.64. The number of halogens is 1. The molecule has 0 saturated carbocycles. The van der Waals surface area contributed by atoms with Crippen LogP contribution < -0.4 is 10.8 Å². The minimum atomic E-state index is -0.297. The van der Waals surface area contributed by atoms with E-state index in [1.54, 1.807) is 12.2 Å². The average Bonchev–Trinajstić information content (AvgIpc) is 2.47. The molecule has 5 heteroatoms. The van der Waals surface area contributed by atoms with Crippen LogP contribution in [-0.2, 0) is 9.63 Å². The fourth-order valence-electron chi connectivity index (χ4n) is 1.93. The minimum absolute atomic E-state index is 0.151. The van der Waals surface area contributed by atoms with Crippen LogP contribution in [0.4, 0.5) is 4.39 Å². The molecule has 0 atom stereocenters. The Labute approximate surface area is 125 Å². The maximum atomic E-state index is 13.7. The zero-order valence-corrected chi connectivity index (χ0v) is 12.8. The van der Waals surface area contributed by atoms with Crippen molar-refractivity contribution in [1.82, 2.24) is 10.8 Å². The zero-order chi connectivity index (χ0) is 15.7. The Bertz CT molecular complexity index is 487. The number of rotatable bonds is 6. The number of hydrogen-bond donors (Lipinski definition) is 2. The molecule has 0 aromatic heterocycles. The van der Waals surface area contributed by atoms with Gasteiger partial charge in [-0.2, -0.15) is 5.48 Å². The zero-order valence-electron chi connectivity index (χ0n) is 12.8. The highest BCUT2D eigenvalue weighted by Gasteiger charge is 2.11. The second kappa shape index (κ2) is 9.26. The lowest BCUT2D eigenvalue weighted by Crippen LogP contribution is -2.24. The SMILES string of the molecule is CC/C=C(/C=C\C(C1=CCNOC1)=C(/C)F)C(=O)NCC. The number of hydroxylamine groups is 1. The number of allylic oxidation sites excluding steroid dienone is 3. The highest BCUT2D eigenvalue weighted by Crippen LogP contribution is 2.20. The van der Waals surface area contributed by atoms with Crippen LogP contribution in [0.15, 0.2) is 46.9 Å². The van der Waals surface area contributed by atoms with Gasteiger partial charge in [0.05, 0.1) is 6.61 Å². The van der Waals surface area contributed by atoms with Crippen LogP contribution in [-0.4, -0.2) is 25.6 Å².